The Morgan fingerprint density at radius 2 is 1.82 bits per heavy atom. The molecule has 7 nitrogen and oxygen atoms in total. The number of carboxylic acids is 1. The van der Waals surface area contributed by atoms with Crippen molar-refractivity contribution < 1.29 is 19.6 Å². The van der Waals surface area contributed by atoms with Gasteiger partial charge in [-0.1, -0.05) is 19.1 Å². The molecule has 22 heavy (non-hydrogen) atoms. The Balaban J connectivity index is 2.94. The summed E-state index contributed by atoms with van der Waals surface area (Å²) >= 11 is 0. The molecule has 1 aromatic rings. The molecular weight excluding hydrogens is 288 g/mol. The summed E-state index contributed by atoms with van der Waals surface area (Å²) in [6.45, 7) is 5.05. The van der Waals surface area contributed by atoms with E-state index in [4.69, 9.17) is 5.11 Å². The standard InChI is InChI=1S/C15H20N2O5/c1-10(13(18)19)9-16(4)14(20)15(2,3)11-5-7-12(8-6-11)17(21)22/h5-8,10H,9H2,1-4H3,(H,18,19). The second kappa shape index (κ2) is 6.55. The summed E-state index contributed by atoms with van der Waals surface area (Å²) in [5, 5.41) is 19.6. The number of carbonyl (C=O) groups is 2. The van der Waals surface area contributed by atoms with E-state index < -0.39 is 22.2 Å². The van der Waals surface area contributed by atoms with Crippen LogP contribution in [0.4, 0.5) is 5.69 Å². The van der Waals surface area contributed by atoms with E-state index in [0.29, 0.717) is 5.56 Å². The molecule has 1 N–H and O–H groups in total. The highest BCUT2D eigenvalue weighted by atomic mass is 16.6. The van der Waals surface area contributed by atoms with Gasteiger partial charge in [-0.05, 0) is 19.4 Å². The normalized spacial score (nSPS) is 12.5. The van der Waals surface area contributed by atoms with E-state index in [1.807, 2.05) is 0 Å². The lowest BCUT2D eigenvalue weighted by Gasteiger charge is -2.30. The van der Waals surface area contributed by atoms with E-state index >= 15 is 0 Å². The molecule has 0 saturated carbocycles. The molecule has 0 bridgehead atoms. The third kappa shape index (κ3) is 3.81. The van der Waals surface area contributed by atoms with Crippen LogP contribution in [0.3, 0.4) is 0 Å². The zero-order valence-electron chi connectivity index (χ0n) is 13.1. The van der Waals surface area contributed by atoms with Crippen LogP contribution in [0.25, 0.3) is 0 Å². The molecule has 1 unspecified atom stereocenters. The molecule has 0 radical (unpaired) electrons. The molecule has 7 heteroatoms. The van der Waals surface area contributed by atoms with Crippen LogP contribution in [-0.4, -0.2) is 40.4 Å². The van der Waals surface area contributed by atoms with Crippen molar-refractivity contribution >= 4 is 17.6 Å². The number of nitro benzene ring substituents is 1. The van der Waals surface area contributed by atoms with Gasteiger partial charge in [0.15, 0.2) is 0 Å². The summed E-state index contributed by atoms with van der Waals surface area (Å²) in [4.78, 5) is 35.0. The van der Waals surface area contributed by atoms with Crippen molar-refractivity contribution in [2.45, 2.75) is 26.2 Å². The fourth-order valence-corrected chi connectivity index (χ4v) is 2.17. The van der Waals surface area contributed by atoms with E-state index in [2.05, 4.69) is 0 Å². The van der Waals surface area contributed by atoms with Crippen LogP contribution in [0.2, 0.25) is 0 Å². The fourth-order valence-electron chi connectivity index (χ4n) is 2.17. The highest BCUT2D eigenvalue weighted by Crippen LogP contribution is 2.27. The van der Waals surface area contributed by atoms with Gasteiger partial charge in [0.25, 0.3) is 5.69 Å². The molecular formula is C15H20N2O5. The number of carboxylic acid groups (broad SMARTS) is 1. The van der Waals surface area contributed by atoms with Crippen molar-refractivity contribution in [1.82, 2.24) is 4.90 Å². The first-order chi connectivity index (χ1) is 10.1. The molecule has 0 fully saturated rings. The molecule has 0 saturated heterocycles. The highest BCUT2D eigenvalue weighted by molar-refractivity contribution is 5.87. The molecule has 1 aromatic carbocycles. The molecule has 0 spiro atoms. The summed E-state index contributed by atoms with van der Waals surface area (Å²) in [5.41, 5.74) is -0.306. The van der Waals surface area contributed by atoms with Crippen LogP contribution < -0.4 is 0 Å². The first kappa shape index (κ1) is 17.6. The van der Waals surface area contributed by atoms with Crippen LogP contribution in [-0.2, 0) is 15.0 Å². The van der Waals surface area contributed by atoms with Gasteiger partial charge in [-0.15, -0.1) is 0 Å². The number of hydrogen-bond acceptors (Lipinski definition) is 4. The second-order valence-electron chi connectivity index (χ2n) is 5.85. The van der Waals surface area contributed by atoms with E-state index in [9.17, 15) is 19.7 Å². The van der Waals surface area contributed by atoms with Gasteiger partial charge in [0.05, 0.1) is 16.3 Å². The molecule has 1 atom stereocenters. The van der Waals surface area contributed by atoms with Gasteiger partial charge < -0.3 is 10.0 Å². The summed E-state index contributed by atoms with van der Waals surface area (Å²) in [5.74, 6) is -1.87. The van der Waals surface area contributed by atoms with Gasteiger partial charge >= 0.3 is 5.97 Å². The quantitative estimate of drug-likeness (QED) is 0.640. The number of nitrogens with zero attached hydrogens (tertiary/aromatic N) is 2. The third-order valence-electron chi connectivity index (χ3n) is 3.65. The first-order valence-electron chi connectivity index (χ1n) is 6.80. The number of hydrogen-bond donors (Lipinski definition) is 1. The Bertz CT molecular complexity index is 580. The van der Waals surface area contributed by atoms with Gasteiger partial charge in [0, 0.05) is 25.7 Å². The Hall–Kier alpha value is -2.44. The maximum Gasteiger partial charge on any atom is 0.308 e. The Labute approximate surface area is 128 Å². The average molecular weight is 308 g/mol. The van der Waals surface area contributed by atoms with Crippen LogP contribution in [0.1, 0.15) is 26.3 Å². The van der Waals surface area contributed by atoms with Crippen molar-refractivity contribution in [3.8, 4) is 0 Å². The van der Waals surface area contributed by atoms with Crippen molar-refractivity contribution in [2.24, 2.45) is 5.92 Å². The number of amides is 1. The minimum absolute atomic E-state index is 0.0418. The molecule has 1 rings (SSSR count). The van der Waals surface area contributed by atoms with E-state index in [1.54, 1.807) is 33.0 Å². The monoisotopic (exact) mass is 308 g/mol. The van der Waals surface area contributed by atoms with Crippen molar-refractivity contribution in [2.75, 3.05) is 13.6 Å². The highest BCUT2D eigenvalue weighted by Gasteiger charge is 2.33. The van der Waals surface area contributed by atoms with E-state index in [1.165, 1.54) is 24.0 Å². The minimum Gasteiger partial charge on any atom is -0.481 e. The van der Waals surface area contributed by atoms with Crippen LogP contribution in [0.15, 0.2) is 24.3 Å². The molecule has 120 valence electrons. The number of likely N-dealkylation sites (N-methyl/N-ethyl adjacent to an activating group) is 1. The number of nitro groups is 1. The fraction of sp³-hybridized carbons (Fsp3) is 0.467. The predicted octanol–water partition coefficient (Wildman–Crippen LogP) is 2.05. The topological polar surface area (TPSA) is 101 Å². The lowest BCUT2D eigenvalue weighted by Crippen LogP contribution is -2.43. The van der Waals surface area contributed by atoms with E-state index in [0.717, 1.165) is 0 Å². The minimum atomic E-state index is -0.965. The third-order valence-corrected chi connectivity index (χ3v) is 3.65. The number of carbonyl (C=O) groups excluding carboxylic acids is 1. The number of rotatable bonds is 6. The molecule has 1 amide bonds. The van der Waals surface area contributed by atoms with Crippen molar-refractivity contribution in [1.29, 1.82) is 0 Å². The molecule has 0 aromatic heterocycles. The van der Waals surface area contributed by atoms with Gasteiger partial charge in [-0.2, -0.15) is 0 Å². The zero-order chi connectivity index (χ0) is 17.1. The van der Waals surface area contributed by atoms with Crippen molar-refractivity contribution in [3.05, 3.63) is 39.9 Å². The summed E-state index contributed by atoms with van der Waals surface area (Å²) in [6, 6.07) is 5.80. The number of non-ortho nitro benzene ring substituents is 1. The maximum absolute atomic E-state index is 12.5. The molecule has 0 aliphatic rings. The smallest absolute Gasteiger partial charge is 0.308 e. The largest absolute Gasteiger partial charge is 0.481 e. The summed E-state index contributed by atoms with van der Waals surface area (Å²) < 4.78 is 0. The SMILES string of the molecule is CC(CN(C)C(=O)C(C)(C)c1ccc([N+](=O)[O-])cc1)C(=O)O. The Kier molecular flexibility index (Phi) is 5.24. The Morgan fingerprint density at radius 3 is 2.23 bits per heavy atom. The van der Waals surface area contributed by atoms with Gasteiger partial charge in [0.1, 0.15) is 0 Å². The maximum atomic E-state index is 12.5. The zero-order valence-corrected chi connectivity index (χ0v) is 13.1. The lowest BCUT2D eigenvalue weighted by atomic mass is 9.83. The lowest BCUT2D eigenvalue weighted by molar-refractivity contribution is -0.384. The van der Waals surface area contributed by atoms with Crippen LogP contribution in [0.5, 0.6) is 0 Å². The summed E-state index contributed by atoms with van der Waals surface area (Å²) in [7, 11) is 1.55. The molecule has 0 aliphatic heterocycles. The first-order valence-corrected chi connectivity index (χ1v) is 6.80. The van der Waals surface area contributed by atoms with Crippen LogP contribution in [0, 0.1) is 16.0 Å². The van der Waals surface area contributed by atoms with Gasteiger partial charge in [-0.3, -0.25) is 19.7 Å². The molecule has 0 aliphatic carbocycles. The average Bonchev–Trinajstić information content (AvgIpc) is 2.46. The second-order valence-corrected chi connectivity index (χ2v) is 5.85. The van der Waals surface area contributed by atoms with Crippen LogP contribution >= 0.6 is 0 Å². The predicted molar refractivity (Wildman–Crippen MR) is 80.6 cm³/mol. The molecule has 0 heterocycles. The van der Waals surface area contributed by atoms with Gasteiger partial charge in [0.2, 0.25) is 5.91 Å². The van der Waals surface area contributed by atoms with E-state index in [-0.39, 0.29) is 18.1 Å². The number of aliphatic carboxylic acids is 1. The summed E-state index contributed by atoms with van der Waals surface area (Å²) in [6.07, 6.45) is 0. The van der Waals surface area contributed by atoms with Gasteiger partial charge in [-0.25, -0.2) is 0 Å². The van der Waals surface area contributed by atoms with Crippen molar-refractivity contribution in [3.63, 3.8) is 0 Å². The number of benzene rings is 1. The Morgan fingerprint density at radius 1 is 1.32 bits per heavy atom.